The molecule has 0 radical (unpaired) electrons. The fourth-order valence-corrected chi connectivity index (χ4v) is 3.24. The van der Waals surface area contributed by atoms with E-state index in [1.165, 1.54) is 47.5 Å². The van der Waals surface area contributed by atoms with E-state index < -0.39 is 34.7 Å². The number of nitrogens with two attached hydrogens (primary N) is 1. The van der Waals surface area contributed by atoms with E-state index in [4.69, 9.17) is 5.73 Å². The summed E-state index contributed by atoms with van der Waals surface area (Å²) in [4.78, 5) is 34.8. The highest BCUT2D eigenvalue weighted by Gasteiger charge is 2.57. The van der Waals surface area contributed by atoms with Gasteiger partial charge in [0.05, 0.1) is 5.69 Å². The summed E-state index contributed by atoms with van der Waals surface area (Å²) in [6, 6.07) is 10.1. The number of primary amides is 1. The van der Waals surface area contributed by atoms with Gasteiger partial charge in [-0.15, -0.1) is 0 Å². The van der Waals surface area contributed by atoms with E-state index in [0.717, 1.165) is 12.1 Å². The third-order valence-corrected chi connectivity index (χ3v) is 5.22. The maximum atomic E-state index is 13.4. The van der Waals surface area contributed by atoms with Crippen LogP contribution in [0.4, 0.5) is 30.6 Å². The fourth-order valence-electron chi connectivity index (χ4n) is 3.24. The molecule has 10 heteroatoms. The van der Waals surface area contributed by atoms with Gasteiger partial charge in [0, 0.05) is 18.8 Å². The zero-order valence-corrected chi connectivity index (χ0v) is 16.7. The van der Waals surface area contributed by atoms with Crippen molar-refractivity contribution >= 4 is 29.3 Å². The Bertz CT molecular complexity index is 1180. The third kappa shape index (κ3) is 4.11. The molecule has 0 unspecified atom stereocenters. The molecule has 1 aliphatic carbocycles. The summed E-state index contributed by atoms with van der Waals surface area (Å²) in [6.45, 7) is 0.0936. The van der Waals surface area contributed by atoms with Crippen molar-refractivity contribution in [2.75, 3.05) is 10.2 Å². The lowest BCUT2D eigenvalue weighted by Crippen LogP contribution is -2.41. The minimum Gasteiger partial charge on any atom is -0.369 e. The molecule has 3 N–H and O–H groups in total. The molecule has 0 aliphatic heterocycles. The molecule has 0 spiro atoms. The number of aromatic nitrogens is 2. The van der Waals surface area contributed by atoms with Gasteiger partial charge in [0.25, 0.3) is 0 Å². The van der Waals surface area contributed by atoms with Crippen LogP contribution >= 0.6 is 0 Å². The van der Waals surface area contributed by atoms with E-state index in [9.17, 15) is 22.8 Å². The Balaban J connectivity index is 1.64. The largest absolute Gasteiger partial charge is 0.369 e. The Morgan fingerprint density at radius 1 is 1.03 bits per heavy atom. The second kappa shape index (κ2) is 8.29. The average Bonchev–Trinajstić information content (AvgIpc) is 3.59. The van der Waals surface area contributed by atoms with Crippen LogP contribution in [-0.4, -0.2) is 21.8 Å². The molecule has 3 aromatic rings. The highest BCUT2D eigenvalue weighted by atomic mass is 19.2. The summed E-state index contributed by atoms with van der Waals surface area (Å²) in [5, 5.41) is 2.88. The number of carbonyl (C=O) groups is 2. The smallest absolute Gasteiger partial charge is 0.248 e. The molecule has 1 saturated carbocycles. The molecule has 0 atom stereocenters. The summed E-state index contributed by atoms with van der Waals surface area (Å²) in [6.07, 6.45) is 2.01. The number of carbonyl (C=O) groups excluding carboxylic acids is 2. The lowest BCUT2D eigenvalue weighted by Gasteiger charge is -2.25. The van der Waals surface area contributed by atoms with Gasteiger partial charge in [-0.1, -0.05) is 6.07 Å². The molecule has 1 heterocycles. The first-order chi connectivity index (χ1) is 15.3. The van der Waals surface area contributed by atoms with Crippen molar-refractivity contribution in [3.8, 4) is 0 Å². The topological polar surface area (TPSA) is 101 Å². The van der Waals surface area contributed by atoms with E-state index in [1.54, 1.807) is 0 Å². The Hall–Kier alpha value is -3.95. The zero-order chi connectivity index (χ0) is 22.9. The van der Waals surface area contributed by atoms with Gasteiger partial charge in [0.1, 0.15) is 17.1 Å². The summed E-state index contributed by atoms with van der Waals surface area (Å²) >= 11 is 0. The van der Waals surface area contributed by atoms with E-state index in [2.05, 4.69) is 15.3 Å². The van der Waals surface area contributed by atoms with E-state index in [0.29, 0.717) is 24.1 Å². The molecular formula is C22H18F3N5O2. The summed E-state index contributed by atoms with van der Waals surface area (Å²) in [5.41, 5.74) is 4.89. The second-order valence-electron chi connectivity index (χ2n) is 7.40. The molecular weight excluding hydrogens is 423 g/mol. The summed E-state index contributed by atoms with van der Waals surface area (Å²) in [5.74, 6) is -3.49. The minimum atomic E-state index is -1.33. The molecule has 0 saturated heterocycles. The predicted molar refractivity (Wildman–Crippen MR) is 110 cm³/mol. The van der Waals surface area contributed by atoms with Crippen LogP contribution < -0.4 is 16.0 Å². The highest BCUT2D eigenvalue weighted by Crippen LogP contribution is 2.48. The lowest BCUT2D eigenvalue weighted by atomic mass is 10.0. The number of benzene rings is 2. The zero-order valence-electron chi connectivity index (χ0n) is 16.7. The Labute approximate surface area is 181 Å². The van der Waals surface area contributed by atoms with E-state index in [-0.39, 0.29) is 18.3 Å². The van der Waals surface area contributed by atoms with Crippen molar-refractivity contribution in [1.29, 1.82) is 0 Å². The quantitative estimate of drug-likeness (QED) is 0.547. The van der Waals surface area contributed by atoms with E-state index in [1.807, 2.05) is 0 Å². The maximum Gasteiger partial charge on any atom is 0.248 e. The molecule has 1 aliphatic rings. The number of hydrogen-bond acceptors (Lipinski definition) is 5. The van der Waals surface area contributed by atoms with Gasteiger partial charge in [-0.05, 0) is 54.8 Å². The molecule has 7 nitrogen and oxygen atoms in total. The second-order valence-corrected chi connectivity index (χ2v) is 7.40. The van der Waals surface area contributed by atoms with Crippen molar-refractivity contribution in [2.24, 2.45) is 11.1 Å². The van der Waals surface area contributed by atoms with Crippen molar-refractivity contribution in [2.45, 2.75) is 19.4 Å². The normalized spacial score (nSPS) is 14.0. The molecule has 32 heavy (non-hydrogen) atoms. The first-order valence-corrected chi connectivity index (χ1v) is 9.71. The van der Waals surface area contributed by atoms with Crippen molar-refractivity contribution < 1.29 is 22.8 Å². The average molecular weight is 441 g/mol. The van der Waals surface area contributed by atoms with Crippen LogP contribution in [0.15, 0.2) is 54.7 Å². The Morgan fingerprint density at radius 2 is 1.75 bits per heavy atom. The van der Waals surface area contributed by atoms with Crippen LogP contribution in [-0.2, 0) is 16.1 Å². The highest BCUT2D eigenvalue weighted by molar-refractivity contribution is 6.16. The van der Waals surface area contributed by atoms with E-state index >= 15 is 0 Å². The summed E-state index contributed by atoms with van der Waals surface area (Å²) in [7, 11) is 0. The monoisotopic (exact) mass is 441 g/mol. The fraction of sp³-hybridized carbons (Fsp3) is 0.182. The first-order valence-electron chi connectivity index (χ1n) is 9.71. The third-order valence-electron chi connectivity index (χ3n) is 5.22. The van der Waals surface area contributed by atoms with Gasteiger partial charge in [0.2, 0.25) is 17.8 Å². The number of amides is 2. The molecule has 164 valence electrons. The van der Waals surface area contributed by atoms with Crippen LogP contribution in [0, 0.1) is 22.9 Å². The van der Waals surface area contributed by atoms with Gasteiger partial charge >= 0.3 is 0 Å². The van der Waals surface area contributed by atoms with Crippen LogP contribution in [0.5, 0.6) is 0 Å². The van der Waals surface area contributed by atoms with Crippen LogP contribution in [0.25, 0.3) is 0 Å². The Morgan fingerprint density at radius 3 is 2.38 bits per heavy atom. The number of anilines is 3. The summed E-state index contributed by atoms with van der Waals surface area (Å²) < 4.78 is 40.0. The van der Waals surface area contributed by atoms with Gasteiger partial charge in [-0.3, -0.25) is 14.5 Å². The van der Waals surface area contributed by atoms with Gasteiger partial charge in [0.15, 0.2) is 11.6 Å². The molecule has 2 amide bonds. The van der Waals surface area contributed by atoms with Crippen molar-refractivity contribution in [1.82, 2.24) is 9.97 Å². The van der Waals surface area contributed by atoms with Gasteiger partial charge < -0.3 is 11.1 Å². The number of nitrogens with zero attached hydrogens (tertiary/aromatic N) is 3. The van der Waals surface area contributed by atoms with Crippen molar-refractivity contribution in [3.05, 3.63) is 77.7 Å². The first kappa shape index (κ1) is 21.3. The molecule has 1 fully saturated rings. The maximum absolute atomic E-state index is 13.4. The molecule has 4 rings (SSSR count). The van der Waals surface area contributed by atoms with Crippen LogP contribution in [0.1, 0.15) is 18.4 Å². The lowest BCUT2D eigenvalue weighted by molar-refractivity contribution is -0.133. The minimum absolute atomic E-state index is 0.0936. The van der Waals surface area contributed by atoms with Gasteiger partial charge in [-0.25, -0.2) is 18.2 Å². The SMILES string of the molecule is NC(=O)C1(C(=O)N(c2ccc(F)cc2)c2ccnc(NCc3ccc(F)c(F)c3)n2)CC1. The predicted octanol–water partition coefficient (Wildman–Crippen LogP) is 3.44. The molecule has 0 bridgehead atoms. The number of hydrogen-bond donors (Lipinski definition) is 2. The number of rotatable bonds is 7. The van der Waals surface area contributed by atoms with Crippen LogP contribution in [0.2, 0.25) is 0 Å². The van der Waals surface area contributed by atoms with Crippen LogP contribution in [0.3, 0.4) is 0 Å². The number of halogens is 3. The Kier molecular flexibility index (Phi) is 5.52. The molecule has 1 aromatic heterocycles. The molecule has 2 aromatic carbocycles. The van der Waals surface area contributed by atoms with Crippen molar-refractivity contribution in [3.63, 3.8) is 0 Å². The standard InChI is InChI=1S/C22H18F3N5O2/c23-14-2-4-15(5-3-14)30(20(32)22(8-9-22)19(26)31)18-7-10-27-21(29-18)28-12-13-1-6-16(24)17(25)11-13/h1-7,10-11H,8-9,12H2,(H2,26,31)(H,27,28,29). The van der Waals surface area contributed by atoms with Gasteiger partial charge in [-0.2, -0.15) is 4.98 Å². The number of nitrogens with one attached hydrogen (secondary N) is 1.